The number of hydrogen-bond acceptors (Lipinski definition) is 4. The van der Waals surface area contributed by atoms with Crippen LogP contribution in [0.25, 0.3) is 0 Å². The van der Waals surface area contributed by atoms with Gasteiger partial charge >= 0.3 is 0 Å². The third-order valence-electron chi connectivity index (χ3n) is 3.28. The van der Waals surface area contributed by atoms with Crippen molar-refractivity contribution >= 4 is 0 Å². The molecule has 0 fully saturated rings. The van der Waals surface area contributed by atoms with Crippen LogP contribution in [0.3, 0.4) is 0 Å². The van der Waals surface area contributed by atoms with Gasteiger partial charge in [-0.05, 0) is 49.6 Å². The Balaban J connectivity index is 2.58. The first-order valence-corrected chi connectivity index (χ1v) is 6.72. The largest absolute Gasteiger partial charge is 0.493 e. The highest BCUT2D eigenvalue weighted by molar-refractivity contribution is 5.46. The Morgan fingerprint density at radius 1 is 1.21 bits per heavy atom. The van der Waals surface area contributed by atoms with Crippen molar-refractivity contribution in [1.82, 2.24) is 5.32 Å². The molecule has 0 aliphatic rings. The maximum Gasteiger partial charge on any atom is 0.161 e. The number of aliphatic hydroxyl groups excluding tert-OH is 1. The van der Waals surface area contributed by atoms with E-state index in [2.05, 4.69) is 12.2 Å². The van der Waals surface area contributed by atoms with E-state index in [1.54, 1.807) is 14.2 Å². The summed E-state index contributed by atoms with van der Waals surface area (Å²) in [6.45, 7) is 5.62. The fourth-order valence-electron chi connectivity index (χ4n) is 1.91. The van der Waals surface area contributed by atoms with E-state index < -0.39 is 0 Å². The molecule has 0 heterocycles. The third-order valence-corrected chi connectivity index (χ3v) is 3.28. The lowest BCUT2D eigenvalue weighted by molar-refractivity contribution is 0.159. The molecule has 1 aromatic rings. The smallest absolute Gasteiger partial charge is 0.161 e. The molecule has 1 aromatic carbocycles. The minimum atomic E-state index is -0.209. The van der Waals surface area contributed by atoms with Crippen molar-refractivity contribution < 1.29 is 14.6 Å². The summed E-state index contributed by atoms with van der Waals surface area (Å²) in [4.78, 5) is 0. The Kier molecular flexibility index (Phi) is 6.67. The maximum atomic E-state index is 9.48. The number of benzene rings is 1. The van der Waals surface area contributed by atoms with Crippen LogP contribution in [0.15, 0.2) is 12.1 Å². The van der Waals surface area contributed by atoms with Crippen molar-refractivity contribution in [3.8, 4) is 11.5 Å². The van der Waals surface area contributed by atoms with Crippen molar-refractivity contribution in [3.05, 3.63) is 23.3 Å². The highest BCUT2D eigenvalue weighted by Gasteiger charge is 2.08. The molecule has 4 nitrogen and oxygen atoms in total. The minimum absolute atomic E-state index is 0.209. The second-order valence-corrected chi connectivity index (χ2v) is 4.66. The zero-order chi connectivity index (χ0) is 14.3. The van der Waals surface area contributed by atoms with E-state index in [1.165, 1.54) is 11.1 Å². The summed E-state index contributed by atoms with van der Waals surface area (Å²) < 4.78 is 10.6. The van der Waals surface area contributed by atoms with Crippen LogP contribution in [0.2, 0.25) is 0 Å². The average molecular weight is 267 g/mol. The highest BCUT2D eigenvalue weighted by atomic mass is 16.5. The number of aryl methyl sites for hydroxylation is 1. The molecule has 0 spiro atoms. The lowest BCUT2D eigenvalue weighted by Gasteiger charge is -2.14. The van der Waals surface area contributed by atoms with E-state index >= 15 is 0 Å². The Bertz CT molecular complexity index is 393. The van der Waals surface area contributed by atoms with Crippen molar-refractivity contribution in [1.29, 1.82) is 0 Å². The molecule has 0 bridgehead atoms. The summed E-state index contributed by atoms with van der Waals surface area (Å²) in [6, 6.07) is 3.98. The first-order valence-electron chi connectivity index (χ1n) is 6.72. The summed E-state index contributed by atoms with van der Waals surface area (Å²) >= 11 is 0. The molecule has 108 valence electrons. The van der Waals surface area contributed by atoms with Crippen LogP contribution in [-0.2, 0) is 6.54 Å². The van der Waals surface area contributed by atoms with Crippen LogP contribution in [0.1, 0.15) is 30.9 Å². The van der Waals surface area contributed by atoms with Gasteiger partial charge in [0.15, 0.2) is 11.5 Å². The summed E-state index contributed by atoms with van der Waals surface area (Å²) in [5, 5.41) is 12.8. The molecule has 0 saturated carbocycles. The van der Waals surface area contributed by atoms with Gasteiger partial charge in [-0.1, -0.05) is 6.92 Å². The van der Waals surface area contributed by atoms with E-state index in [4.69, 9.17) is 9.47 Å². The quantitative estimate of drug-likeness (QED) is 0.709. The van der Waals surface area contributed by atoms with Gasteiger partial charge in [-0.2, -0.15) is 0 Å². The predicted molar refractivity (Wildman–Crippen MR) is 76.9 cm³/mol. The van der Waals surface area contributed by atoms with E-state index in [-0.39, 0.29) is 6.10 Å². The molecule has 0 radical (unpaired) electrons. The lowest BCUT2D eigenvalue weighted by atomic mass is 10.1. The molecule has 0 saturated heterocycles. The number of ether oxygens (including phenoxy) is 2. The Morgan fingerprint density at radius 2 is 1.84 bits per heavy atom. The maximum absolute atomic E-state index is 9.48. The van der Waals surface area contributed by atoms with Gasteiger partial charge < -0.3 is 19.9 Å². The second kappa shape index (κ2) is 8.02. The van der Waals surface area contributed by atoms with E-state index in [0.717, 1.165) is 37.4 Å². The van der Waals surface area contributed by atoms with Gasteiger partial charge in [-0.25, -0.2) is 0 Å². The summed E-state index contributed by atoms with van der Waals surface area (Å²) in [6.07, 6.45) is 1.37. The van der Waals surface area contributed by atoms with E-state index in [9.17, 15) is 5.11 Å². The van der Waals surface area contributed by atoms with Crippen LogP contribution in [0.4, 0.5) is 0 Å². The molecule has 1 unspecified atom stereocenters. The van der Waals surface area contributed by atoms with Gasteiger partial charge in [-0.15, -0.1) is 0 Å². The fraction of sp³-hybridized carbons (Fsp3) is 0.600. The SMILES string of the molecule is CCC(O)CCNCc1cc(OC)c(OC)cc1C. The Labute approximate surface area is 115 Å². The lowest BCUT2D eigenvalue weighted by Crippen LogP contribution is -2.20. The highest BCUT2D eigenvalue weighted by Crippen LogP contribution is 2.30. The van der Waals surface area contributed by atoms with Crippen LogP contribution in [-0.4, -0.2) is 32.0 Å². The molecule has 1 atom stereocenters. The zero-order valence-electron chi connectivity index (χ0n) is 12.3. The Hall–Kier alpha value is -1.26. The standard InChI is InChI=1S/C15H25NO3/c1-5-13(17)6-7-16-10-12-9-15(19-4)14(18-3)8-11(12)2/h8-9,13,16-17H,5-7,10H2,1-4H3. The van der Waals surface area contributed by atoms with Gasteiger partial charge in [0.1, 0.15) is 0 Å². The number of aliphatic hydroxyl groups is 1. The van der Waals surface area contributed by atoms with E-state index in [0.29, 0.717) is 0 Å². The molecule has 19 heavy (non-hydrogen) atoms. The van der Waals surface area contributed by atoms with Crippen molar-refractivity contribution in [2.24, 2.45) is 0 Å². The first-order chi connectivity index (χ1) is 9.12. The number of methoxy groups -OCH3 is 2. The van der Waals surface area contributed by atoms with Gasteiger partial charge in [-0.3, -0.25) is 0 Å². The van der Waals surface area contributed by atoms with Crippen molar-refractivity contribution in [3.63, 3.8) is 0 Å². The molecule has 1 rings (SSSR count). The van der Waals surface area contributed by atoms with E-state index in [1.807, 2.05) is 19.1 Å². The number of hydrogen-bond donors (Lipinski definition) is 2. The van der Waals surface area contributed by atoms with Crippen LogP contribution in [0.5, 0.6) is 11.5 Å². The number of nitrogens with one attached hydrogen (secondary N) is 1. The molecule has 0 aliphatic carbocycles. The normalized spacial score (nSPS) is 12.3. The average Bonchev–Trinajstić information content (AvgIpc) is 2.43. The van der Waals surface area contributed by atoms with Crippen LogP contribution < -0.4 is 14.8 Å². The van der Waals surface area contributed by atoms with Gasteiger partial charge in [0, 0.05) is 6.54 Å². The van der Waals surface area contributed by atoms with Crippen LogP contribution >= 0.6 is 0 Å². The van der Waals surface area contributed by atoms with Crippen LogP contribution in [0, 0.1) is 6.92 Å². The number of rotatable bonds is 8. The molecule has 0 aromatic heterocycles. The molecular weight excluding hydrogens is 242 g/mol. The first kappa shape index (κ1) is 15.8. The van der Waals surface area contributed by atoms with Gasteiger partial charge in [0.2, 0.25) is 0 Å². The molecule has 4 heteroatoms. The molecular formula is C15H25NO3. The third kappa shape index (κ3) is 4.73. The summed E-state index contributed by atoms with van der Waals surface area (Å²) in [7, 11) is 3.28. The van der Waals surface area contributed by atoms with Crippen molar-refractivity contribution in [2.45, 2.75) is 39.3 Å². The molecule has 0 amide bonds. The topological polar surface area (TPSA) is 50.7 Å². The van der Waals surface area contributed by atoms with Gasteiger partial charge in [0.05, 0.1) is 20.3 Å². The van der Waals surface area contributed by atoms with Crippen molar-refractivity contribution in [2.75, 3.05) is 20.8 Å². The monoisotopic (exact) mass is 267 g/mol. The fourth-order valence-corrected chi connectivity index (χ4v) is 1.91. The molecule has 0 aliphatic heterocycles. The predicted octanol–water partition coefficient (Wildman–Crippen LogP) is 2.26. The molecule has 2 N–H and O–H groups in total. The Morgan fingerprint density at radius 3 is 2.42 bits per heavy atom. The minimum Gasteiger partial charge on any atom is -0.493 e. The zero-order valence-corrected chi connectivity index (χ0v) is 12.3. The van der Waals surface area contributed by atoms with Gasteiger partial charge in [0.25, 0.3) is 0 Å². The second-order valence-electron chi connectivity index (χ2n) is 4.66. The summed E-state index contributed by atoms with van der Waals surface area (Å²) in [5.74, 6) is 1.50. The summed E-state index contributed by atoms with van der Waals surface area (Å²) in [5.41, 5.74) is 2.35.